The van der Waals surface area contributed by atoms with Gasteiger partial charge in [0.2, 0.25) is 0 Å². The quantitative estimate of drug-likeness (QED) is 0.331. The number of ether oxygens (including phenoxy) is 2. The van der Waals surface area contributed by atoms with Crippen molar-refractivity contribution in [3.05, 3.63) is 59.7 Å². The lowest BCUT2D eigenvalue weighted by Crippen LogP contribution is -2.59. The highest BCUT2D eigenvalue weighted by atomic mass is 32.1. The molecular formula is C28H28N4O4S. The van der Waals surface area contributed by atoms with Gasteiger partial charge in [-0.2, -0.15) is 13.5 Å². The van der Waals surface area contributed by atoms with Crippen molar-refractivity contribution in [3.8, 4) is 0 Å². The maximum Gasteiger partial charge on any atom is 0.254 e. The molecule has 190 valence electrons. The van der Waals surface area contributed by atoms with E-state index in [1.165, 1.54) is 0 Å². The lowest BCUT2D eigenvalue weighted by Gasteiger charge is -2.48. The summed E-state index contributed by atoms with van der Waals surface area (Å²) in [4.78, 5) is 13.4. The Bertz CT molecular complexity index is 1790. The van der Waals surface area contributed by atoms with Gasteiger partial charge >= 0.3 is 0 Å². The molecule has 37 heavy (non-hydrogen) atoms. The minimum Gasteiger partial charge on any atom is -0.375 e. The van der Waals surface area contributed by atoms with Crippen LogP contribution in [0.4, 0.5) is 0 Å². The smallest absolute Gasteiger partial charge is 0.254 e. The van der Waals surface area contributed by atoms with Crippen LogP contribution in [0.25, 0.3) is 43.6 Å². The van der Waals surface area contributed by atoms with Gasteiger partial charge < -0.3 is 34.3 Å². The zero-order valence-corrected chi connectivity index (χ0v) is 21.7. The number of nitrogens with one attached hydrogen (secondary N) is 2. The highest BCUT2D eigenvalue weighted by molar-refractivity contribution is 7.59. The van der Waals surface area contributed by atoms with Gasteiger partial charge in [0, 0.05) is 46.7 Å². The van der Waals surface area contributed by atoms with E-state index in [-0.39, 0.29) is 37.8 Å². The second-order valence-electron chi connectivity index (χ2n) is 10.3. The Labute approximate surface area is 219 Å². The van der Waals surface area contributed by atoms with Gasteiger partial charge in [0.05, 0.1) is 27.6 Å². The zero-order chi connectivity index (χ0) is 24.5. The predicted molar refractivity (Wildman–Crippen MR) is 147 cm³/mol. The van der Waals surface area contributed by atoms with Crippen LogP contribution in [0.1, 0.15) is 41.7 Å². The molecule has 1 amide bonds. The van der Waals surface area contributed by atoms with Crippen molar-refractivity contribution >= 4 is 63.0 Å². The third-order valence-corrected chi connectivity index (χ3v) is 8.65. The number of hydrogen-bond acceptors (Lipinski definition) is 5. The molecule has 3 aliphatic rings. The van der Waals surface area contributed by atoms with Crippen molar-refractivity contribution in [1.29, 1.82) is 0 Å². The van der Waals surface area contributed by atoms with E-state index in [0.29, 0.717) is 17.5 Å². The predicted octanol–water partition coefficient (Wildman–Crippen LogP) is 3.96. The first-order chi connectivity index (χ1) is 17.5. The Morgan fingerprint density at radius 2 is 1.76 bits per heavy atom. The molecule has 3 N–H and O–H groups in total. The second-order valence-corrected chi connectivity index (χ2v) is 10.3. The van der Waals surface area contributed by atoms with Gasteiger partial charge in [0.25, 0.3) is 5.91 Å². The lowest BCUT2D eigenvalue weighted by atomic mass is 9.93. The second kappa shape index (κ2) is 7.49. The number of nitrogens with zero attached hydrogens (tertiary/aromatic N) is 2. The van der Waals surface area contributed by atoms with E-state index in [1.807, 2.05) is 31.3 Å². The maximum absolute atomic E-state index is 13.4. The standard InChI is InChI=1S/C28H26N4O4.H2S/c1-28-25(35-3)15(29-2)12-18(36-28)31-16-10-6-4-8-13(16)19-21-22(27(34)30-26(21)33)20-14-9-5-7-11-17(14)32(28)24(20)23(19)31;/h4-11,15,18,25,27,29,34H,12H2,1-3H3,(H,30,33);1H2/t15-,18?,25-,27-,28?;/m1./s1. The highest BCUT2D eigenvalue weighted by Gasteiger charge is 2.53. The number of carbonyl (C=O) groups excluding carboxylic acids is 1. The number of benzene rings is 3. The fourth-order valence-corrected chi connectivity index (χ4v) is 7.38. The number of fused-ring (bicyclic) bond motifs is 13. The summed E-state index contributed by atoms with van der Waals surface area (Å²) in [6, 6.07) is 16.4. The van der Waals surface area contributed by atoms with Crippen LogP contribution in [0, 0.1) is 0 Å². The molecule has 1 saturated heterocycles. The van der Waals surface area contributed by atoms with Gasteiger partial charge in [-0.25, -0.2) is 0 Å². The highest BCUT2D eigenvalue weighted by Crippen LogP contribution is 2.54. The SMILES string of the molecule is CN[C@@H]1CC2OC(C)([C@@H]1OC)n1c3ccccc3c3c4c(c5c6ccccc6n2c5c31)C(=O)N[C@@H]4O.S. The Balaban J connectivity index is 0.00000231. The number of methoxy groups -OCH3 is 1. The molecule has 8 nitrogen and oxygen atoms in total. The molecule has 5 atom stereocenters. The molecule has 8 rings (SSSR count). The van der Waals surface area contributed by atoms with Gasteiger partial charge in [-0.1, -0.05) is 36.4 Å². The summed E-state index contributed by atoms with van der Waals surface area (Å²) >= 11 is 0. The molecule has 2 bridgehead atoms. The topological polar surface area (TPSA) is 89.7 Å². The van der Waals surface area contributed by atoms with Crippen LogP contribution in [-0.2, 0) is 15.2 Å². The molecule has 1 fully saturated rings. The van der Waals surface area contributed by atoms with Crippen molar-refractivity contribution in [2.24, 2.45) is 0 Å². The molecule has 5 aromatic rings. The first-order valence-electron chi connectivity index (χ1n) is 12.4. The van der Waals surface area contributed by atoms with Gasteiger partial charge in [-0.15, -0.1) is 0 Å². The summed E-state index contributed by atoms with van der Waals surface area (Å²) in [5.41, 5.74) is 4.25. The van der Waals surface area contributed by atoms with Crippen LogP contribution in [-0.4, -0.2) is 46.5 Å². The number of aliphatic hydroxyl groups excluding tert-OH is 1. The number of amides is 1. The van der Waals surface area contributed by atoms with Crippen LogP contribution in [0.5, 0.6) is 0 Å². The summed E-state index contributed by atoms with van der Waals surface area (Å²) in [7, 11) is 3.70. The maximum atomic E-state index is 13.4. The van der Waals surface area contributed by atoms with Crippen molar-refractivity contribution in [1.82, 2.24) is 19.8 Å². The molecule has 2 aromatic heterocycles. The molecule has 3 aliphatic heterocycles. The summed E-state index contributed by atoms with van der Waals surface area (Å²) in [6.07, 6.45) is -0.941. The summed E-state index contributed by atoms with van der Waals surface area (Å²) in [5.74, 6) is -0.249. The Morgan fingerprint density at radius 1 is 1.08 bits per heavy atom. The van der Waals surface area contributed by atoms with E-state index in [1.54, 1.807) is 7.11 Å². The summed E-state index contributed by atoms with van der Waals surface area (Å²) < 4.78 is 17.7. The van der Waals surface area contributed by atoms with E-state index in [4.69, 9.17) is 9.47 Å². The first-order valence-corrected chi connectivity index (χ1v) is 12.4. The van der Waals surface area contributed by atoms with Crippen LogP contribution in [0.15, 0.2) is 48.5 Å². The van der Waals surface area contributed by atoms with E-state index >= 15 is 0 Å². The van der Waals surface area contributed by atoms with E-state index < -0.39 is 12.0 Å². The molecule has 5 heterocycles. The molecule has 0 aliphatic carbocycles. The van der Waals surface area contributed by atoms with E-state index in [0.717, 1.165) is 43.6 Å². The van der Waals surface area contributed by atoms with E-state index in [2.05, 4.69) is 51.0 Å². The minimum absolute atomic E-state index is 0. The molecule has 3 aromatic carbocycles. The van der Waals surface area contributed by atoms with Gasteiger partial charge in [-0.05, 0) is 26.1 Å². The van der Waals surface area contributed by atoms with Crippen LogP contribution >= 0.6 is 13.5 Å². The largest absolute Gasteiger partial charge is 0.375 e. The number of para-hydroxylation sites is 2. The van der Waals surface area contributed by atoms with Crippen molar-refractivity contribution in [3.63, 3.8) is 0 Å². The van der Waals surface area contributed by atoms with Crippen molar-refractivity contribution in [2.75, 3.05) is 14.2 Å². The van der Waals surface area contributed by atoms with Gasteiger partial charge in [-0.3, -0.25) is 4.79 Å². The molecular weight excluding hydrogens is 488 g/mol. The Kier molecular flexibility index (Phi) is 4.67. The molecule has 2 unspecified atom stereocenters. The fraction of sp³-hybridized carbons (Fsp3) is 0.321. The molecule has 0 saturated carbocycles. The number of rotatable bonds is 2. The lowest BCUT2D eigenvalue weighted by molar-refractivity contribution is -0.256. The monoisotopic (exact) mass is 516 g/mol. The van der Waals surface area contributed by atoms with Crippen molar-refractivity contribution < 1.29 is 19.4 Å². The number of likely N-dealkylation sites (N-methyl/N-ethyl adjacent to an activating group) is 1. The Hall–Kier alpha value is -3.08. The zero-order valence-electron chi connectivity index (χ0n) is 20.7. The normalized spacial score (nSPS) is 28.2. The third-order valence-electron chi connectivity index (χ3n) is 8.65. The Morgan fingerprint density at radius 3 is 2.46 bits per heavy atom. The van der Waals surface area contributed by atoms with Gasteiger partial charge in [0.15, 0.2) is 12.0 Å². The van der Waals surface area contributed by atoms with Crippen LogP contribution in [0.2, 0.25) is 0 Å². The van der Waals surface area contributed by atoms with Gasteiger partial charge in [0.1, 0.15) is 12.3 Å². The number of carbonyl (C=O) groups is 1. The summed E-state index contributed by atoms with van der Waals surface area (Å²) in [6.45, 7) is 2.09. The van der Waals surface area contributed by atoms with E-state index in [9.17, 15) is 9.90 Å². The minimum atomic E-state index is -1.09. The number of aliphatic hydroxyl groups is 1. The first kappa shape index (κ1) is 23.1. The third kappa shape index (κ3) is 2.51. The number of hydrogen-bond donors (Lipinski definition) is 3. The summed E-state index contributed by atoms with van der Waals surface area (Å²) in [5, 5.41) is 21.1. The molecule has 0 spiro atoms. The fourth-order valence-electron chi connectivity index (χ4n) is 7.38. The number of aromatic nitrogens is 2. The average Bonchev–Trinajstić information content (AvgIpc) is 3.48. The molecule has 9 heteroatoms. The van der Waals surface area contributed by atoms with Crippen LogP contribution in [0.3, 0.4) is 0 Å². The average molecular weight is 517 g/mol. The molecule has 0 radical (unpaired) electrons. The van der Waals surface area contributed by atoms with Crippen molar-refractivity contribution in [2.45, 2.75) is 43.7 Å². The van der Waals surface area contributed by atoms with Crippen LogP contribution < -0.4 is 10.6 Å².